The van der Waals surface area contributed by atoms with Crippen molar-refractivity contribution in [3.63, 3.8) is 0 Å². The Hall–Kier alpha value is -2.22. The summed E-state index contributed by atoms with van der Waals surface area (Å²) in [6.07, 6.45) is 4.06. The summed E-state index contributed by atoms with van der Waals surface area (Å²) in [6, 6.07) is 0. The number of carbonyl (C=O) groups is 2. The zero-order chi connectivity index (χ0) is 16.2. The highest BCUT2D eigenvalue weighted by Gasteiger charge is 2.23. The number of anilines is 1. The Bertz CT molecular complexity index is 548. The first-order chi connectivity index (χ1) is 11.2. The molecule has 3 rings (SSSR count). The van der Waals surface area contributed by atoms with Crippen LogP contribution in [0.2, 0.25) is 0 Å². The molecule has 2 fully saturated rings. The molecule has 0 N–H and O–H groups in total. The topological polar surface area (TPSA) is 72.9 Å². The highest BCUT2D eigenvalue weighted by molar-refractivity contribution is 5.92. The normalized spacial score (nSPS) is 19.8. The summed E-state index contributed by atoms with van der Waals surface area (Å²) in [6.45, 7) is 6.08. The third kappa shape index (κ3) is 3.58. The van der Waals surface area contributed by atoms with Crippen molar-refractivity contribution < 1.29 is 9.59 Å². The maximum atomic E-state index is 12.4. The number of amides is 2. The van der Waals surface area contributed by atoms with Gasteiger partial charge >= 0.3 is 0 Å². The molecule has 2 amide bonds. The van der Waals surface area contributed by atoms with E-state index in [2.05, 4.69) is 26.8 Å². The number of rotatable bonds is 3. The largest absolute Gasteiger partial charge is 0.353 e. The molecule has 8 heteroatoms. The lowest BCUT2D eigenvalue weighted by molar-refractivity contribution is -0.119. The van der Waals surface area contributed by atoms with Gasteiger partial charge in [-0.1, -0.05) is 0 Å². The summed E-state index contributed by atoms with van der Waals surface area (Å²) >= 11 is 0. The molecule has 0 saturated carbocycles. The van der Waals surface area contributed by atoms with E-state index in [0.29, 0.717) is 31.9 Å². The molecular weight excluding hydrogens is 296 g/mol. The molecule has 23 heavy (non-hydrogen) atoms. The average Bonchev–Trinajstić information content (AvgIpc) is 2.62. The molecule has 0 aliphatic carbocycles. The molecule has 0 aromatic carbocycles. The molecule has 1 aromatic heterocycles. The molecule has 2 aliphatic heterocycles. The minimum atomic E-state index is -0.118. The maximum absolute atomic E-state index is 12.4. The van der Waals surface area contributed by atoms with Crippen molar-refractivity contribution >= 4 is 18.1 Å². The summed E-state index contributed by atoms with van der Waals surface area (Å²) in [5.74, 6) is 0.702. The quantitative estimate of drug-likeness (QED) is 0.676. The molecule has 8 nitrogen and oxygen atoms in total. The van der Waals surface area contributed by atoms with Crippen LogP contribution in [0.15, 0.2) is 12.4 Å². The van der Waals surface area contributed by atoms with Gasteiger partial charge in [0.25, 0.3) is 5.91 Å². The Morgan fingerprint density at radius 2 is 1.70 bits per heavy atom. The summed E-state index contributed by atoms with van der Waals surface area (Å²) in [5, 5.41) is 0. The van der Waals surface area contributed by atoms with E-state index in [1.54, 1.807) is 22.2 Å². The molecule has 0 bridgehead atoms. The van der Waals surface area contributed by atoms with Crippen LogP contribution in [0.25, 0.3) is 0 Å². The van der Waals surface area contributed by atoms with Crippen molar-refractivity contribution in [2.75, 3.05) is 64.3 Å². The standard InChI is InChI=1S/C15H22N6O2/c1-18-2-6-20(7-3-18)14-11-16-13(10-17-14)15(23)21-8-4-19(12-22)5-9-21/h10-12H,2-9H2,1H3. The van der Waals surface area contributed by atoms with Gasteiger partial charge in [-0.3, -0.25) is 9.59 Å². The van der Waals surface area contributed by atoms with Crippen LogP contribution in [0.5, 0.6) is 0 Å². The van der Waals surface area contributed by atoms with Gasteiger partial charge < -0.3 is 19.6 Å². The first-order valence-corrected chi connectivity index (χ1v) is 7.91. The summed E-state index contributed by atoms with van der Waals surface area (Å²) in [5.41, 5.74) is 0.363. The van der Waals surface area contributed by atoms with Crippen molar-refractivity contribution in [3.8, 4) is 0 Å². The van der Waals surface area contributed by atoms with Gasteiger partial charge in [-0.05, 0) is 7.05 Å². The van der Waals surface area contributed by atoms with Crippen LogP contribution in [0.4, 0.5) is 5.82 Å². The fraction of sp³-hybridized carbons (Fsp3) is 0.600. The van der Waals surface area contributed by atoms with Crippen LogP contribution >= 0.6 is 0 Å². The monoisotopic (exact) mass is 318 g/mol. The third-order valence-corrected chi connectivity index (χ3v) is 4.44. The van der Waals surface area contributed by atoms with Crippen LogP contribution < -0.4 is 4.90 Å². The van der Waals surface area contributed by atoms with Gasteiger partial charge in [-0.2, -0.15) is 0 Å². The van der Waals surface area contributed by atoms with Gasteiger partial charge in [0.2, 0.25) is 6.41 Å². The fourth-order valence-electron chi connectivity index (χ4n) is 2.82. The lowest BCUT2D eigenvalue weighted by atomic mass is 10.3. The Balaban J connectivity index is 1.60. The van der Waals surface area contributed by atoms with Crippen molar-refractivity contribution in [1.82, 2.24) is 24.7 Å². The second-order valence-electron chi connectivity index (χ2n) is 5.98. The van der Waals surface area contributed by atoms with E-state index in [-0.39, 0.29) is 5.91 Å². The number of likely N-dealkylation sites (N-methyl/N-ethyl adjacent to an activating group) is 1. The third-order valence-electron chi connectivity index (χ3n) is 4.44. The number of piperazine rings is 2. The van der Waals surface area contributed by atoms with E-state index in [4.69, 9.17) is 0 Å². The lowest BCUT2D eigenvalue weighted by Crippen LogP contribution is -2.48. The van der Waals surface area contributed by atoms with Crippen LogP contribution in [-0.4, -0.2) is 96.4 Å². The van der Waals surface area contributed by atoms with Crippen LogP contribution in [0.3, 0.4) is 0 Å². The van der Waals surface area contributed by atoms with E-state index < -0.39 is 0 Å². The minimum absolute atomic E-state index is 0.118. The van der Waals surface area contributed by atoms with Gasteiger partial charge in [0.15, 0.2) is 0 Å². The van der Waals surface area contributed by atoms with Crippen LogP contribution in [0, 0.1) is 0 Å². The second kappa shape index (κ2) is 6.91. The highest BCUT2D eigenvalue weighted by atomic mass is 16.2. The molecule has 124 valence electrons. The zero-order valence-electron chi connectivity index (χ0n) is 13.4. The number of carbonyl (C=O) groups excluding carboxylic acids is 2. The van der Waals surface area contributed by atoms with Crippen molar-refractivity contribution in [2.24, 2.45) is 0 Å². The number of hydrogen-bond donors (Lipinski definition) is 0. The van der Waals surface area contributed by atoms with Crippen molar-refractivity contribution in [2.45, 2.75) is 0 Å². The molecular formula is C15H22N6O2. The molecule has 2 aliphatic rings. The second-order valence-corrected chi connectivity index (χ2v) is 5.98. The van der Waals surface area contributed by atoms with Gasteiger partial charge in [-0.15, -0.1) is 0 Å². The predicted molar refractivity (Wildman–Crippen MR) is 85.3 cm³/mol. The van der Waals surface area contributed by atoms with Gasteiger partial charge in [-0.25, -0.2) is 9.97 Å². The minimum Gasteiger partial charge on any atom is -0.353 e. The van der Waals surface area contributed by atoms with Crippen molar-refractivity contribution in [3.05, 3.63) is 18.1 Å². The van der Waals surface area contributed by atoms with Crippen molar-refractivity contribution in [1.29, 1.82) is 0 Å². The van der Waals surface area contributed by atoms with Crippen LogP contribution in [0.1, 0.15) is 10.5 Å². The summed E-state index contributed by atoms with van der Waals surface area (Å²) in [7, 11) is 2.11. The van der Waals surface area contributed by atoms with Gasteiger partial charge in [0.05, 0.1) is 12.4 Å². The van der Waals surface area contributed by atoms with E-state index in [9.17, 15) is 9.59 Å². The summed E-state index contributed by atoms with van der Waals surface area (Å²) in [4.78, 5) is 39.7. The SMILES string of the molecule is CN1CCN(c2cnc(C(=O)N3CCN(C=O)CC3)cn2)CC1. The van der Waals surface area contributed by atoms with E-state index in [1.165, 1.54) is 0 Å². The van der Waals surface area contributed by atoms with E-state index in [0.717, 1.165) is 38.4 Å². The zero-order valence-corrected chi connectivity index (χ0v) is 13.4. The van der Waals surface area contributed by atoms with Crippen LogP contribution in [-0.2, 0) is 4.79 Å². The summed E-state index contributed by atoms with van der Waals surface area (Å²) < 4.78 is 0. The Kier molecular flexibility index (Phi) is 4.71. The molecule has 0 unspecified atom stereocenters. The Labute approximate surface area is 135 Å². The molecule has 3 heterocycles. The van der Waals surface area contributed by atoms with Gasteiger partial charge in [0, 0.05) is 52.4 Å². The average molecular weight is 318 g/mol. The first-order valence-electron chi connectivity index (χ1n) is 7.91. The smallest absolute Gasteiger partial charge is 0.274 e. The number of nitrogens with zero attached hydrogens (tertiary/aromatic N) is 6. The maximum Gasteiger partial charge on any atom is 0.274 e. The van der Waals surface area contributed by atoms with E-state index in [1.807, 2.05) is 0 Å². The van der Waals surface area contributed by atoms with E-state index >= 15 is 0 Å². The number of aromatic nitrogens is 2. The highest BCUT2D eigenvalue weighted by Crippen LogP contribution is 2.13. The number of hydrogen-bond acceptors (Lipinski definition) is 6. The predicted octanol–water partition coefficient (Wildman–Crippen LogP) is -0.857. The molecule has 2 saturated heterocycles. The molecule has 1 aromatic rings. The van der Waals surface area contributed by atoms with Gasteiger partial charge in [0.1, 0.15) is 11.5 Å². The molecule has 0 spiro atoms. The Morgan fingerprint density at radius 1 is 1.00 bits per heavy atom. The fourth-order valence-corrected chi connectivity index (χ4v) is 2.82. The molecule has 0 atom stereocenters. The molecule has 0 radical (unpaired) electrons. The lowest BCUT2D eigenvalue weighted by Gasteiger charge is -2.33. The Morgan fingerprint density at radius 3 is 2.26 bits per heavy atom. The first kappa shape index (κ1) is 15.7.